The van der Waals surface area contributed by atoms with Crippen molar-refractivity contribution in [3.63, 3.8) is 0 Å². The van der Waals surface area contributed by atoms with Crippen molar-refractivity contribution in [3.8, 4) is 0 Å². The predicted octanol–water partition coefficient (Wildman–Crippen LogP) is 1.27. The van der Waals surface area contributed by atoms with E-state index in [4.69, 9.17) is 4.52 Å². The molecular weight excluding hydrogens is 168 g/mol. The minimum absolute atomic E-state index is 0.0417. The lowest BCUT2D eigenvalue weighted by Gasteiger charge is -2.13. The summed E-state index contributed by atoms with van der Waals surface area (Å²) in [6.45, 7) is 5.83. The lowest BCUT2D eigenvalue weighted by Crippen LogP contribution is -2.23. The van der Waals surface area contributed by atoms with Gasteiger partial charge in [0.2, 0.25) is 5.91 Å². The molecule has 0 fully saturated rings. The maximum Gasteiger partial charge on any atom is 0.219 e. The van der Waals surface area contributed by atoms with Crippen LogP contribution in [0.2, 0.25) is 0 Å². The van der Waals surface area contributed by atoms with Gasteiger partial charge in [-0.1, -0.05) is 5.16 Å². The van der Waals surface area contributed by atoms with Gasteiger partial charge in [-0.05, 0) is 13.8 Å². The Labute approximate surface area is 77.5 Å². The molecule has 4 heteroatoms. The number of carbonyl (C=O) groups excluding carboxylic acids is 1. The van der Waals surface area contributed by atoms with E-state index in [9.17, 15) is 4.79 Å². The number of nitrogens with zero attached hydrogens (tertiary/aromatic N) is 2. The Kier molecular flexibility index (Phi) is 2.70. The highest BCUT2D eigenvalue weighted by molar-refractivity contribution is 5.72. The molecule has 0 aromatic carbocycles. The highest BCUT2D eigenvalue weighted by Crippen LogP contribution is 2.13. The molecule has 4 nitrogen and oxygen atoms in total. The normalized spacial score (nSPS) is 10.2. The molecule has 0 radical (unpaired) electrons. The van der Waals surface area contributed by atoms with Crippen molar-refractivity contribution in [3.05, 3.63) is 17.0 Å². The van der Waals surface area contributed by atoms with Crippen LogP contribution in [0, 0.1) is 13.8 Å². The molecule has 0 saturated heterocycles. The van der Waals surface area contributed by atoms with E-state index in [-0.39, 0.29) is 5.91 Å². The molecule has 0 spiro atoms. The first kappa shape index (κ1) is 9.77. The average Bonchev–Trinajstić information content (AvgIpc) is 2.35. The number of carbonyl (C=O) groups is 1. The predicted molar refractivity (Wildman–Crippen MR) is 48.1 cm³/mol. The van der Waals surface area contributed by atoms with Crippen LogP contribution in [0.15, 0.2) is 4.52 Å². The molecule has 0 aliphatic rings. The molecule has 1 aromatic heterocycles. The van der Waals surface area contributed by atoms with Gasteiger partial charge in [-0.25, -0.2) is 0 Å². The smallest absolute Gasteiger partial charge is 0.219 e. The molecule has 0 bridgehead atoms. The number of hydrogen-bond acceptors (Lipinski definition) is 3. The molecule has 1 rings (SSSR count). The third-order valence-electron chi connectivity index (χ3n) is 2.11. The Morgan fingerprint density at radius 1 is 1.54 bits per heavy atom. The fourth-order valence-electron chi connectivity index (χ4n) is 1.08. The fourth-order valence-corrected chi connectivity index (χ4v) is 1.08. The van der Waals surface area contributed by atoms with Crippen LogP contribution in [0.25, 0.3) is 0 Å². The van der Waals surface area contributed by atoms with Gasteiger partial charge in [-0.2, -0.15) is 0 Å². The fraction of sp³-hybridized carbons (Fsp3) is 0.556. The molecule has 13 heavy (non-hydrogen) atoms. The van der Waals surface area contributed by atoms with E-state index >= 15 is 0 Å². The van der Waals surface area contributed by atoms with E-state index < -0.39 is 0 Å². The van der Waals surface area contributed by atoms with Crippen molar-refractivity contribution >= 4 is 5.91 Å². The molecular formula is C9H14N2O2. The van der Waals surface area contributed by atoms with Gasteiger partial charge in [0.25, 0.3) is 0 Å². The van der Waals surface area contributed by atoms with Crippen LogP contribution in [-0.4, -0.2) is 23.0 Å². The molecule has 0 unspecified atom stereocenters. The summed E-state index contributed by atoms with van der Waals surface area (Å²) in [5.74, 6) is 0.825. The summed E-state index contributed by atoms with van der Waals surface area (Å²) < 4.78 is 4.99. The molecule has 1 heterocycles. The Bertz CT molecular complexity index is 298. The quantitative estimate of drug-likeness (QED) is 0.692. The second-order valence-corrected chi connectivity index (χ2v) is 3.18. The lowest BCUT2D eigenvalue weighted by atomic mass is 10.2. The zero-order chi connectivity index (χ0) is 10.0. The summed E-state index contributed by atoms with van der Waals surface area (Å²) in [7, 11) is 1.76. The van der Waals surface area contributed by atoms with Crippen LogP contribution < -0.4 is 0 Å². The zero-order valence-corrected chi connectivity index (χ0v) is 8.42. The molecule has 72 valence electrons. The van der Waals surface area contributed by atoms with Gasteiger partial charge in [0.05, 0.1) is 12.2 Å². The van der Waals surface area contributed by atoms with Gasteiger partial charge in [-0.15, -0.1) is 0 Å². The molecule has 0 aliphatic heterocycles. The summed E-state index contributed by atoms with van der Waals surface area (Å²) in [4.78, 5) is 12.6. The van der Waals surface area contributed by atoms with Gasteiger partial charge in [-0.3, -0.25) is 4.79 Å². The van der Waals surface area contributed by atoms with E-state index in [0.29, 0.717) is 6.54 Å². The third-order valence-corrected chi connectivity index (χ3v) is 2.11. The number of amides is 1. The molecule has 0 N–H and O–H groups in total. The second kappa shape index (κ2) is 3.60. The summed E-state index contributed by atoms with van der Waals surface area (Å²) in [6, 6.07) is 0. The highest BCUT2D eigenvalue weighted by atomic mass is 16.5. The van der Waals surface area contributed by atoms with Crippen LogP contribution >= 0.6 is 0 Å². The lowest BCUT2D eigenvalue weighted by molar-refractivity contribution is -0.128. The number of hydrogen-bond donors (Lipinski definition) is 0. The van der Waals surface area contributed by atoms with Crippen molar-refractivity contribution in [2.45, 2.75) is 27.3 Å². The van der Waals surface area contributed by atoms with Gasteiger partial charge in [0.1, 0.15) is 5.76 Å². The average molecular weight is 182 g/mol. The van der Waals surface area contributed by atoms with Crippen LogP contribution in [-0.2, 0) is 11.3 Å². The summed E-state index contributed by atoms with van der Waals surface area (Å²) in [5, 5.41) is 3.82. The summed E-state index contributed by atoms with van der Waals surface area (Å²) in [6.07, 6.45) is 0. The molecule has 1 amide bonds. The standard InChI is InChI=1S/C9H14N2O2/c1-6-9(7(2)13-10-6)5-11(4)8(3)12/h5H2,1-4H3. The monoisotopic (exact) mass is 182 g/mol. The van der Waals surface area contributed by atoms with Crippen molar-refractivity contribution in [1.29, 1.82) is 0 Å². The van der Waals surface area contributed by atoms with Crippen LogP contribution in [0.5, 0.6) is 0 Å². The Morgan fingerprint density at radius 3 is 2.54 bits per heavy atom. The van der Waals surface area contributed by atoms with E-state index in [1.165, 1.54) is 6.92 Å². The van der Waals surface area contributed by atoms with Crippen molar-refractivity contribution in [1.82, 2.24) is 10.1 Å². The first-order chi connectivity index (χ1) is 6.02. The Balaban J connectivity index is 2.79. The third kappa shape index (κ3) is 2.08. The number of rotatable bonds is 2. The van der Waals surface area contributed by atoms with Crippen molar-refractivity contribution < 1.29 is 9.32 Å². The van der Waals surface area contributed by atoms with Crippen LogP contribution in [0.1, 0.15) is 23.9 Å². The van der Waals surface area contributed by atoms with Gasteiger partial charge < -0.3 is 9.42 Å². The molecule has 0 atom stereocenters. The minimum atomic E-state index is 0.0417. The summed E-state index contributed by atoms with van der Waals surface area (Å²) in [5.41, 5.74) is 1.85. The van der Waals surface area contributed by atoms with E-state index in [0.717, 1.165) is 17.0 Å². The van der Waals surface area contributed by atoms with E-state index in [1.54, 1.807) is 11.9 Å². The minimum Gasteiger partial charge on any atom is -0.361 e. The van der Waals surface area contributed by atoms with Gasteiger partial charge in [0.15, 0.2) is 0 Å². The molecule has 0 aliphatic carbocycles. The second-order valence-electron chi connectivity index (χ2n) is 3.18. The van der Waals surface area contributed by atoms with Crippen molar-refractivity contribution in [2.24, 2.45) is 0 Å². The molecule has 1 aromatic rings. The first-order valence-electron chi connectivity index (χ1n) is 4.16. The first-order valence-corrected chi connectivity index (χ1v) is 4.16. The number of aromatic nitrogens is 1. The Hall–Kier alpha value is -1.32. The highest BCUT2D eigenvalue weighted by Gasteiger charge is 2.12. The zero-order valence-electron chi connectivity index (χ0n) is 8.42. The maximum absolute atomic E-state index is 11.0. The van der Waals surface area contributed by atoms with E-state index in [1.807, 2.05) is 13.8 Å². The van der Waals surface area contributed by atoms with E-state index in [2.05, 4.69) is 5.16 Å². The van der Waals surface area contributed by atoms with Gasteiger partial charge >= 0.3 is 0 Å². The number of aryl methyl sites for hydroxylation is 2. The largest absolute Gasteiger partial charge is 0.361 e. The van der Waals surface area contributed by atoms with Crippen LogP contribution in [0.3, 0.4) is 0 Å². The SMILES string of the molecule is CC(=O)N(C)Cc1c(C)noc1C. The molecule has 0 saturated carbocycles. The Morgan fingerprint density at radius 2 is 2.15 bits per heavy atom. The van der Waals surface area contributed by atoms with Crippen LogP contribution in [0.4, 0.5) is 0 Å². The summed E-state index contributed by atoms with van der Waals surface area (Å²) >= 11 is 0. The topological polar surface area (TPSA) is 46.3 Å². The maximum atomic E-state index is 11.0. The van der Waals surface area contributed by atoms with Gasteiger partial charge in [0, 0.05) is 19.5 Å². The van der Waals surface area contributed by atoms with Crippen molar-refractivity contribution in [2.75, 3.05) is 7.05 Å².